The van der Waals surface area contributed by atoms with Gasteiger partial charge in [0.2, 0.25) is 15.9 Å². The predicted molar refractivity (Wildman–Crippen MR) is 216 cm³/mol. The molecule has 3 aromatic rings. The third kappa shape index (κ3) is 11.5. The Kier molecular flexibility index (Phi) is 16.0. The van der Waals surface area contributed by atoms with E-state index in [2.05, 4.69) is 10.5 Å². The van der Waals surface area contributed by atoms with Crippen LogP contribution in [0.1, 0.15) is 76.0 Å². The molecule has 1 aliphatic heterocycles. The highest BCUT2D eigenvalue weighted by atomic mass is 32.2. The Morgan fingerprint density at radius 2 is 1.65 bits per heavy atom. The fraction of sp³-hybridized carbons (Fsp3) is 0.488. The third-order valence-corrected chi connectivity index (χ3v) is 12.2. The number of carbonyl (C=O) groups is 3. The molecule has 2 aromatic carbocycles. The van der Waals surface area contributed by atoms with Crippen molar-refractivity contribution >= 4 is 34.3 Å². The molecule has 57 heavy (non-hydrogen) atoms. The summed E-state index contributed by atoms with van der Waals surface area (Å²) in [6.45, 7) is 10.0. The first-order valence-corrected chi connectivity index (χ1v) is 20.8. The van der Waals surface area contributed by atoms with Crippen LogP contribution in [0.2, 0.25) is 0 Å². The van der Waals surface area contributed by atoms with Gasteiger partial charge in [0.25, 0.3) is 0 Å². The molecule has 0 spiro atoms. The molecule has 1 aliphatic rings. The standard InChI is InChI=1S/C41H57N7O8S/c1-7-29(5)38(48-22-21-46(40(48)51)26-32-15-12-16-34(43-32)36(8-2)45(6)41(52)53)39(50)44-35(23-30-13-10-9-11-14-30)37(49)27-47(25-28(3)4)57(55,56)33-19-17-31(18-20-33)24-42-54/h9-20,24,28-29,35-38,49,54H,7-8,21-23,25-27H2,1-6H3,(H,44,50)(H,52,53)/b42-24+/t29-,35-,36?,37+,38-/m0/s1. The molecule has 310 valence electrons. The summed E-state index contributed by atoms with van der Waals surface area (Å²) in [5, 5.41) is 36.3. The van der Waals surface area contributed by atoms with Crippen molar-refractivity contribution in [2.75, 3.05) is 33.2 Å². The van der Waals surface area contributed by atoms with E-state index in [0.29, 0.717) is 36.3 Å². The van der Waals surface area contributed by atoms with E-state index >= 15 is 0 Å². The zero-order valence-electron chi connectivity index (χ0n) is 33.6. The number of oxime groups is 1. The summed E-state index contributed by atoms with van der Waals surface area (Å²) in [5.74, 6) is -0.814. The predicted octanol–water partition coefficient (Wildman–Crippen LogP) is 5.04. The molecule has 16 heteroatoms. The van der Waals surface area contributed by atoms with Crippen LogP contribution in [0, 0.1) is 11.8 Å². The van der Waals surface area contributed by atoms with Gasteiger partial charge in [-0.2, -0.15) is 4.31 Å². The van der Waals surface area contributed by atoms with Gasteiger partial charge in [-0.1, -0.05) is 94.7 Å². The number of pyridine rings is 1. The number of carboxylic acid groups (broad SMARTS) is 1. The van der Waals surface area contributed by atoms with Gasteiger partial charge in [-0.3, -0.25) is 9.78 Å². The minimum Gasteiger partial charge on any atom is -0.465 e. The number of nitrogens with one attached hydrogen (secondary N) is 1. The molecule has 1 unspecified atom stereocenters. The second-order valence-corrected chi connectivity index (χ2v) is 16.9. The van der Waals surface area contributed by atoms with E-state index in [9.17, 15) is 33.0 Å². The summed E-state index contributed by atoms with van der Waals surface area (Å²) in [4.78, 5) is 49.2. The number of amides is 4. The van der Waals surface area contributed by atoms with Gasteiger partial charge in [0.15, 0.2) is 0 Å². The van der Waals surface area contributed by atoms with E-state index in [1.54, 1.807) is 28.0 Å². The van der Waals surface area contributed by atoms with Crippen molar-refractivity contribution in [2.45, 2.75) is 89.6 Å². The lowest BCUT2D eigenvalue weighted by Gasteiger charge is -2.35. The summed E-state index contributed by atoms with van der Waals surface area (Å²) < 4.78 is 29.2. The summed E-state index contributed by atoms with van der Waals surface area (Å²) in [6.07, 6.45) is 0.0776. The largest absolute Gasteiger partial charge is 0.465 e. The lowest BCUT2D eigenvalue weighted by molar-refractivity contribution is -0.128. The van der Waals surface area contributed by atoms with Crippen molar-refractivity contribution in [2.24, 2.45) is 17.0 Å². The Morgan fingerprint density at radius 1 is 0.965 bits per heavy atom. The molecule has 4 N–H and O–H groups in total. The highest BCUT2D eigenvalue weighted by molar-refractivity contribution is 7.89. The number of hydrogen-bond donors (Lipinski definition) is 4. The van der Waals surface area contributed by atoms with Gasteiger partial charge in [-0.15, -0.1) is 0 Å². The van der Waals surface area contributed by atoms with Gasteiger partial charge < -0.3 is 35.4 Å². The van der Waals surface area contributed by atoms with Crippen LogP contribution in [0.3, 0.4) is 0 Å². The maximum Gasteiger partial charge on any atom is 0.407 e. The average molecular weight is 808 g/mol. The van der Waals surface area contributed by atoms with Crippen molar-refractivity contribution in [3.8, 4) is 0 Å². The molecule has 15 nitrogen and oxygen atoms in total. The molecule has 1 saturated heterocycles. The SMILES string of the molecule is CCC(c1cccc(CN2CCN([C@H](C(=O)N[C@@H](Cc3ccccc3)[C@H](O)CN(CC(C)C)S(=O)(=O)c3ccc(/C=N/O)cc3)[C@@H](C)CC)C2=O)n1)N(C)C(=O)O. The number of aliphatic hydroxyl groups is 1. The fourth-order valence-electron chi connectivity index (χ4n) is 7.09. The molecule has 0 aliphatic carbocycles. The minimum atomic E-state index is -4.10. The van der Waals surface area contributed by atoms with Crippen LogP contribution in [0.5, 0.6) is 0 Å². The van der Waals surface area contributed by atoms with E-state index in [4.69, 9.17) is 10.2 Å². The number of urea groups is 1. The van der Waals surface area contributed by atoms with Crippen LogP contribution in [0.15, 0.2) is 82.8 Å². The third-order valence-electron chi connectivity index (χ3n) is 10.4. The number of nitrogens with zero attached hydrogens (tertiary/aromatic N) is 6. The van der Waals surface area contributed by atoms with Crippen molar-refractivity contribution < 1.29 is 38.2 Å². The van der Waals surface area contributed by atoms with Gasteiger partial charge in [0.05, 0.1) is 47.2 Å². The van der Waals surface area contributed by atoms with Crippen molar-refractivity contribution in [1.82, 2.24) is 29.3 Å². The molecule has 4 rings (SSSR count). The lowest BCUT2D eigenvalue weighted by atomic mass is 9.95. The molecule has 2 heterocycles. The number of sulfonamides is 1. The minimum absolute atomic E-state index is 0.00252. The van der Waals surface area contributed by atoms with Crippen molar-refractivity contribution in [3.63, 3.8) is 0 Å². The quantitative estimate of drug-likeness (QED) is 0.0687. The smallest absolute Gasteiger partial charge is 0.407 e. The van der Waals surface area contributed by atoms with E-state index in [1.165, 1.54) is 46.7 Å². The topological polar surface area (TPSA) is 196 Å². The first-order chi connectivity index (χ1) is 27.1. The highest BCUT2D eigenvalue weighted by Crippen LogP contribution is 2.26. The van der Waals surface area contributed by atoms with E-state index in [1.807, 2.05) is 65.0 Å². The van der Waals surface area contributed by atoms with Crippen LogP contribution in [0.25, 0.3) is 0 Å². The summed E-state index contributed by atoms with van der Waals surface area (Å²) in [6, 6.07) is 17.9. The maximum absolute atomic E-state index is 14.4. The number of carbonyl (C=O) groups excluding carboxylic acids is 2. The van der Waals surface area contributed by atoms with E-state index < -0.39 is 46.3 Å². The summed E-state index contributed by atoms with van der Waals surface area (Å²) in [5.41, 5.74) is 2.49. The number of rotatable bonds is 20. The molecule has 0 saturated carbocycles. The monoisotopic (exact) mass is 807 g/mol. The molecule has 4 amide bonds. The molecule has 1 fully saturated rings. The second-order valence-electron chi connectivity index (χ2n) is 15.0. The Bertz CT molecular complexity index is 1930. The summed E-state index contributed by atoms with van der Waals surface area (Å²) in [7, 11) is -2.60. The Labute approximate surface area is 336 Å². The Hall–Kier alpha value is -5.06. The van der Waals surface area contributed by atoms with Gasteiger partial charge in [0.1, 0.15) is 6.04 Å². The van der Waals surface area contributed by atoms with Gasteiger partial charge in [-0.25, -0.2) is 18.0 Å². The second kappa shape index (κ2) is 20.4. The average Bonchev–Trinajstić information content (AvgIpc) is 3.53. The van der Waals surface area contributed by atoms with Crippen LogP contribution in [-0.2, 0) is 27.8 Å². The molecule has 0 bridgehead atoms. The molecular weight excluding hydrogens is 751 g/mol. The molecular formula is C41H57N7O8S. The van der Waals surface area contributed by atoms with Gasteiger partial charge >= 0.3 is 12.1 Å². The van der Waals surface area contributed by atoms with E-state index in [-0.39, 0.29) is 55.4 Å². The van der Waals surface area contributed by atoms with Crippen LogP contribution >= 0.6 is 0 Å². The Balaban J connectivity index is 1.58. The first kappa shape index (κ1) is 44.7. The Morgan fingerprint density at radius 3 is 2.25 bits per heavy atom. The maximum atomic E-state index is 14.4. The van der Waals surface area contributed by atoms with Crippen molar-refractivity contribution in [1.29, 1.82) is 0 Å². The number of aromatic nitrogens is 1. The summed E-state index contributed by atoms with van der Waals surface area (Å²) >= 11 is 0. The van der Waals surface area contributed by atoms with Crippen molar-refractivity contribution in [3.05, 3.63) is 95.3 Å². The van der Waals surface area contributed by atoms with Crippen LogP contribution in [-0.4, -0.2) is 123 Å². The first-order valence-electron chi connectivity index (χ1n) is 19.4. The van der Waals surface area contributed by atoms with Gasteiger partial charge in [-0.05, 0) is 60.1 Å². The number of hydrogen-bond acceptors (Lipinski definition) is 9. The van der Waals surface area contributed by atoms with Gasteiger partial charge in [0, 0.05) is 33.2 Å². The normalized spacial score (nSPS) is 16.2. The zero-order chi connectivity index (χ0) is 41.9. The highest BCUT2D eigenvalue weighted by Gasteiger charge is 2.41. The number of aliphatic hydroxyl groups excluding tert-OH is 1. The van der Waals surface area contributed by atoms with Crippen LogP contribution < -0.4 is 5.32 Å². The number of benzene rings is 2. The van der Waals surface area contributed by atoms with Crippen LogP contribution in [0.4, 0.5) is 9.59 Å². The fourth-order valence-corrected chi connectivity index (χ4v) is 8.72. The molecule has 5 atom stereocenters. The molecule has 0 radical (unpaired) electrons. The zero-order valence-corrected chi connectivity index (χ0v) is 34.4. The molecule has 1 aromatic heterocycles. The van der Waals surface area contributed by atoms with E-state index in [0.717, 1.165) is 5.56 Å². The lowest BCUT2D eigenvalue weighted by Crippen LogP contribution is -2.57.